The number of thiophene rings is 1. The molecular formula is C12H12Cl2N2O2S2. The van der Waals surface area contributed by atoms with Gasteiger partial charge in [-0.3, -0.25) is 4.72 Å². The van der Waals surface area contributed by atoms with Crippen LogP contribution in [0.1, 0.15) is 4.88 Å². The van der Waals surface area contributed by atoms with Gasteiger partial charge in [-0.1, -0.05) is 23.2 Å². The maximum Gasteiger partial charge on any atom is 0.262 e. The molecule has 0 saturated carbocycles. The van der Waals surface area contributed by atoms with Crippen LogP contribution in [0.4, 0.5) is 5.69 Å². The molecule has 0 aliphatic carbocycles. The number of halogens is 2. The maximum atomic E-state index is 12.2. The molecule has 108 valence electrons. The molecule has 0 unspecified atom stereocenters. The maximum absolute atomic E-state index is 12.2. The summed E-state index contributed by atoms with van der Waals surface area (Å²) < 4.78 is 26.9. The van der Waals surface area contributed by atoms with Crippen molar-refractivity contribution >= 4 is 50.2 Å². The fourth-order valence-electron chi connectivity index (χ4n) is 1.54. The Morgan fingerprint density at radius 1 is 1.20 bits per heavy atom. The van der Waals surface area contributed by atoms with E-state index >= 15 is 0 Å². The van der Waals surface area contributed by atoms with Gasteiger partial charge in [-0.2, -0.15) is 0 Å². The van der Waals surface area contributed by atoms with Gasteiger partial charge < -0.3 is 5.32 Å². The average molecular weight is 351 g/mol. The zero-order chi connectivity index (χ0) is 14.8. The van der Waals surface area contributed by atoms with Gasteiger partial charge >= 0.3 is 0 Å². The molecular weight excluding hydrogens is 339 g/mol. The molecule has 8 heteroatoms. The lowest BCUT2D eigenvalue weighted by molar-refractivity contribution is 0.601. The number of sulfonamides is 1. The first kappa shape index (κ1) is 15.6. The van der Waals surface area contributed by atoms with E-state index in [4.69, 9.17) is 23.2 Å². The van der Waals surface area contributed by atoms with Crippen LogP contribution >= 0.6 is 34.5 Å². The van der Waals surface area contributed by atoms with Crippen molar-refractivity contribution in [3.63, 3.8) is 0 Å². The van der Waals surface area contributed by atoms with Crippen molar-refractivity contribution in [2.75, 3.05) is 11.8 Å². The minimum atomic E-state index is -3.61. The first-order valence-corrected chi connectivity index (χ1v) is 8.74. The molecule has 0 radical (unpaired) electrons. The van der Waals surface area contributed by atoms with Gasteiger partial charge in [0.25, 0.3) is 10.0 Å². The minimum absolute atomic E-state index is 0.235. The van der Waals surface area contributed by atoms with Crippen molar-refractivity contribution in [3.05, 3.63) is 44.6 Å². The van der Waals surface area contributed by atoms with Crippen LogP contribution in [0.25, 0.3) is 0 Å². The largest absolute Gasteiger partial charge is 0.315 e. The number of hydrogen-bond acceptors (Lipinski definition) is 4. The van der Waals surface area contributed by atoms with Crippen LogP contribution < -0.4 is 10.0 Å². The van der Waals surface area contributed by atoms with Crippen molar-refractivity contribution in [2.24, 2.45) is 0 Å². The molecule has 0 aliphatic rings. The Kier molecular flexibility index (Phi) is 4.93. The van der Waals surface area contributed by atoms with Crippen molar-refractivity contribution in [1.29, 1.82) is 0 Å². The van der Waals surface area contributed by atoms with E-state index in [2.05, 4.69) is 10.0 Å². The predicted octanol–water partition coefficient (Wildman–Crippen LogP) is 3.58. The molecule has 20 heavy (non-hydrogen) atoms. The van der Waals surface area contributed by atoms with Gasteiger partial charge in [0.2, 0.25) is 0 Å². The quantitative estimate of drug-likeness (QED) is 0.866. The van der Waals surface area contributed by atoms with Gasteiger partial charge in [0, 0.05) is 16.8 Å². The minimum Gasteiger partial charge on any atom is -0.315 e. The highest BCUT2D eigenvalue weighted by molar-refractivity contribution is 7.92. The Labute approximate surface area is 131 Å². The molecule has 4 nitrogen and oxygen atoms in total. The van der Waals surface area contributed by atoms with E-state index in [1.807, 2.05) is 7.05 Å². The van der Waals surface area contributed by atoms with Gasteiger partial charge in [-0.25, -0.2) is 8.42 Å². The highest BCUT2D eigenvalue weighted by atomic mass is 35.5. The fourth-order valence-corrected chi connectivity index (χ4v) is 4.18. The third-order valence-corrected chi connectivity index (χ3v) is 5.65. The van der Waals surface area contributed by atoms with Crippen LogP contribution in [0.15, 0.2) is 34.5 Å². The van der Waals surface area contributed by atoms with Crippen LogP contribution in [0.2, 0.25) is 10.0 Å². The summed E-state index contributed by atoms with van der Waals surface area (Å²) in [5, 5.41) is 5.25. The molecule has 2 rings (SSSR count). The Morgan fingerprint density at radius 3 is 2.60 bits per heavy atom. The van der Waals surface area contributed by atoms with Gasteiger partial charge in [-0.15, -0.1) is 11.3 Å². The average Bonchev–Trinajstić information content (AvgIpc) is 2.83. The Bertz CT molecular complexity index is 714. The topological polar surface area (TPSA) is 58.2 Å². The number of benzene rings is 1. The van der Waals surface area contributed by atoms with Gasteiger partial charge in [0.1, 0.15) is 0 Å². The van der Waals surface area contributed by atoms with E-state index in [1.54, 1.807) is 23.6 Å². The lowest BCUT2D eigenvalue weighted by Crippen LogP contribution is -2.12. The number of nitrogens with one attached hydrogen (secondary N) is 2. The fraction of sp³-hybridized carbons (Fsp3) is 0.167. The van der Waals surface area contributed by atoms with Crippen LogP contribution in [0.5, 0.6) is 0 Å². The van der Waals surface area contributed by atoms with Gasteiger partial charge in [-0.05, 0) is 31.3 Å². The monoisotopic (exact) mass is 350 g/mol. The van der Waals surface area contributed by atoms with E-state index in [0.29, 0.717) is 22.3 Å². The van der Waals surface area contributed by atoms with Crippen LogP contribution in [-0.4, -0.2) is 15.5 Å². The lowest BCUT2D eigenvalue weighted by Gasteiger charge is -2.07. The highest BCUT2D eigenvalue weighted by Gasteiger charge is 2.16. The summed E-state index contributed by atoms with van der Waals surface area (Å²) in [6.07, 6.45) is 0. The standard InChI is InChI=1S/C12H12Cl2N2O2S2/c1-15-6-9-5-10(7-19-9)20(17,18)16-8-2-3-11(13)12(14)4-8/h2-5,7,15-16H,6H2,1H3. The second kappa shape index (κ2) is 6.32. The molecule has 0 amide bonds. The predicted molar refractivity (Wildman–Crippen MR) is 84.4 cm³/mol. The molecule has 1 aromatic heterocycles. The van der Waals surface area contributed by atoms with E-state index in [9.17, 15) is 8.42 Å². The molecule has 0 fully saturated rings. The van der Waals surface area contributed by atoms with Crippen molar-refractivity contribution in [2.45, 2.75) is 11.4 Å². The highest BCUT2D eigenvalue weighted by Crippen LogP contribution is 2.27. The SMILES string of the molecule is CNCc1cc(S(=O)(=O)Nc2ccc(Cl)c(Cl)c2)cs1. The number of hydrogen-bond donors (Lipinski definition) is 2. The molecule has 0 spiro atoms. The van der Waals surface area contributed by atoms with E-state index in [0.717, 1.165) is 4.88 Å². The summed E-state index contributed by atoms with van der Waals surface area (Å²) in [4.78, 5) is 1.18. The first-order chi connectivity index (χ1) is 9.42. The van der Waals surface area contributed by atoms with E-state index in [1.165, 1.54) is 17.4 Å². The van der Waals surface area contributed by atoms with Crippen molar-refractivity contribution in [1.82, 2.24) is 5.32 Å². The summed E-state index contributed by atoms with van der Waals surface area (Å²) >= 11 is 13.0. The van der Waals surface area contributed by atoms with Crippen LogP contribution in [0, 0.1) is 0 Å². The number of rotatable bonds is 5. The first-order valence-electron chi connectivity index (χ1n) is 5.62. The van der Waals surface area contributed by atoms with E-state index < -0.39 is 10.0 Å². The second-order valence-electron chi connectivity index (χ2n) is 4.01. The molecule has 2 N–H and O–H groups in total. The zero-order valence-electron chi connectivity index (χ0n) is 10.5. The Hall–Kier alpha value is -0.790. The third kappa shape index (κ3) is 3.65. The summed E-state index contributed by atoms with van der Waals surface area (Å²) in [7, 11) is -1.80. The van der Waals surface area contributed by atoms with Gasteiger partial charge in [0.05, 0.1) is 20.6 Å². The third-order valence-electron chi connectivity index (χ3n) is 2.46. The second-order valence-corrected chi connectivity index (χ2v) is 7.51. The lowest BCUT2D eigenvalue weighted by atomic mass is 10.3. The molecule has 0 atom stereocenters. The van der Waals surface area contributed by atoms with Crippen molar-refractivity contribution in [3.8, 4) is 0 Å². The van der Waals surface area contributed by atoms with E-state index in [-0.39, 0.29) is 4.90 Å². The normalized spacial score (nSPS) is 11.6. The summed E-state index contributed by atoms with van der Waals surface area (Å²) in [6.45, 7) is 0.632. The van der Waals surface area contributed by atoms with Gasteiger partial charge in [0.15, 0.2) is 0 Å². The van der Waals surface area contributed by atoms with Crippen LogP contribution in [0.3, 0.4) is 0 Å². The van der Waals surface area contributed by atoms with Crippen LogP contribution in [-0.2, 0) is 16.6 Å². The molecule has 0 saturated heterocycles. The summed E-state index contributed by atoms with van der Waals surface area (Å²) in [6, 6.07) is 6.22. The molecule has 0 bridgehead atoms. The summed E-state index contributed by atoms with van der Waals surface area (Å²) in [5.74, 6) is 0. The Balaban J connectivity index is 2.23. The molecule has 1 aromatic carbocycles. The zero-order valence-corrected chi connectivity index (χ0v) is 13.6. The Morgan fingerprint density at radius 2 is 1.95 bits per heavy atom. The smallest absolute Gasteiger partial charge is 0.262 e. The number of anilines is 1. The molecule has 1 heterocycles. The van der Waals surface area contributed by atoms with Crippen molar-refractivity contribution < 1.29 is 8.42 Å². The summed E-state index contributed by atoms with van der Waals surface area (Å²) in [5.41, 5.74) is 0.376. The molecule has 2 aromatic rings. The molecule has 0 aliphatic heterocycles.